The molecule has 2 aromatic carbocycles. The summed E-state index contributed by atoms with van der Waals surface area (Å²) in [7, 11) is 0. The zero-order valence-electron chi connectivity index (χ0n) is 16.3. The van der Waals surface area contributed by atoms with Crippen LogP contribution >= 0.6 is 15.9 Å². The molecule has 4 heteroatoms. The van der Waals surface area contributed by atoms with Gasteiger partial charge >= 0.3 is 0 Å². The minimum absolute atomic E-state index is 0.0804. The number of fused-ring (bicyclic) bond motifs is 3. The summed E-state index contributed by atoms with van der Waals surface area (Å²) in [5.74, 6) is 0. The smallest absolute Gasteiger partial charge is 0.123 e. The second-order valence-corrected chi connectivity index (χ2v) is 9.21. The number of hydrogen-bond donors (Lipinski definition) is 1. The zero-order valence-corrected chi connectivity index (χ0v) is 17.9. The monoisotopic (exact) mass is 440 g/mol. The Labute approximate surface area is 174 Å². The van der Waals surface area contributed by atoms with E-state index in [0.717, 1.165) is 30.3 Å². The fraction of sp³-hybridized carbons (Fsp3) is 0.417. The zero-order chi connectivity index (χ0) is 19.3. The molecular weight excluding hydrogens is 415 g/mol. The lowest BCUT2D eigenvalue weighted by Gasteiger charge is -2.44. The average Bonchev–Trinajstić information content (AvgIpc) is 3.05. The molecule has 2 nitrogen and oxygen atoms in total. The number of nitrogens with one attached hydrogen (secondary N) is 1. The Morgan fingerprint density at radius 2 is 2.00 bits per heavy atom. The van der Waals surface area contributed by atoms with Crippen LogP contribution in [-0.4, -0.2) is 28.6 Å². The lowest BCUT2D eigenvalue weighted by molar-refractivity contribution is 0.00842. The summed E-state index contributed by atoms with van der Waals surface area (Å²) in [6.07, 6.45) is 4.35. The minimum Gasteiger partial charge on any atom is -0.357 e. The van der Waals surface area contributed by atoms with Crippen LogP contribution in [0.4, 0.5) is 4.39 Å². The molecule has 2 heterocycles. The van der Waals surface area contributed by atoms with E-state index in [1.165, 1.54) is 33.3 Å². The minimum atomic E-state index is -1.01. The molecule has 1 aromatic heterocycles. The first-order valence-electron chi connectivity index (χ1n) is 10.4. The maximum atomic E-state index is 15.2. The van der Waals surface area contributed by atoms with Crippen molar-refractivity contribution in [1.29, 1.82) is 0 Å². The highest BCUT2D eigenvalue weighted by Crippen LogP contribution is 2.44. The average molecular weight is 441 g/mol. The van der Waals surface area contributed by atoms with E-state index in [4.69, 9.17) is 0 Å². The van der Waals surface area contributed by atoms with Crippen LogP contribution in [0.2, 0.25) is 0 Å². The molecule has 5 rings (SSSR count). The first-order chi connectivity index (χ1) is 13.6. The van der Waals surface area contributed by atoms with Crippen molar-refractivity contribution in [3.8, 4) is 0 Å². The molecule has 0 saturated heterocycles. The van der Waals surface area contributed by atoms with Crippen molar-refractivity contribution < 1.29 is 4.39 Å². The molecule has 1 aliphatic carbocycles. The predicted molar refractivity (Wildman–Crippen MR) is 117 cm³/mol. The summed E-state index contributed by atoms with van der Waals surface area (Å²) in [5.41, 5.74) is 5.45. The van der Waals surface area contributed by atoms with Gasteiger partial charge in [-0.15, -0.1) is 0 Å². The van der Waals surface area contributed by atoms with Gasteiger partial charge in [0.05, 0.1) is 6.04 Å². The Kier molecular flexibility index (Phi) is 4.59. The number of nitrogens with zero attached hydrogens (tertiary/aromatic N) is 1. The number of aromatic nitrogens is 1. The quantitative estimate of drug-likeness (QED) is 0.501. The van der Waals surface area contributed by atoms with E-state index in [2.05, 4.69) is 75.2 Å². The van der Waals surface area contributed by atoms with Gasteiger partial charge in [0, 0.05) is 34.2 Å². The van der Waals surface area contributed by atoms with Crippen LogP contribution in [0.25, 0.3) is 10.9 Å². The van der Waals surface area contributed by atoms with Gasteiger partial charge in [0.1, 0.15) is 5.67 Å². The third kappa shape index (κ3) is 2.93. The van der Waals surface area contributed by atoms with E-state index in [0.29, 0.717) is 19.4 Å². The molecule has 1 unspecified atom stereocenters. The summed E-state index contributed by atoms with van der Waals surface area (Å²) >= 11 is 3.75. The van der Waals surface area contributed by atoms with E-state index in [-0.39, 0.29) is 6.04 Å². The first kappa shape index (κ1) is 18.4. The van der Waals surface area contributed by atoms with Gasteiger partial charge in [0.15, 0.2) is 0 Å². The maximum absolute atomic E-state index is 15.2. The van der Waals surface area contributed by atoms with Crippen molar-refractivity contribution in [3.63, 3.8) is 0 Å². The number of benzene rings is 2. The SMILES string of the molecule is CCc1c(Br)cccc1C1c2[nH]c3ccccc3c2CCN1CC1(F)CCC1. The van der Waals surface area contributed by atoms with Crippen LogP contribution < -0.4 is 0 Å². The molecule has 1 fully saturated rings. The van der Waals surface area contributed by atoms with E-state index in [1.54, 1.807) is 0 Å². The lowest BCUT2D eigenvalue weighted by atomic mass is 9.80. The van der Waals surface area contributed by atoms with Gasteiger partial charge in [-0.25, -0.2) is 4.39 Å². The fourth-order valence-electron chi connectivity index (χ4n) is 5.10. The number of alkyl halides is 1. The predicted octanol–water partition coefficient (Wildman–Crippen LogP) is 6.33. The molecule has 0 bridgehead atoms. The molecule has 1 atom stereocenters. The molecule has 2 aliphatic rings. The van der Waals surface area contributed by atoms with Crippen molar-refractivity contribution in [3.05, 3.63) is 69.3 Å². The van der Waals surface area contributed by atoms with Crippen LogP contribution in [-0.2, 0) is 12.8 Å². The Morgan fingerprint density at radius 3 is 2.75 bits per heavy atom. The van der Waals surface area contributed by atoms with Gasteiger partial charge in [-0.1, -0.05) is 53.2 Å². The van der Waals surface area contributed by atoms with Gasteiger partial charge in [0.2, 0.25) is 0 Å². The molecule has 3 aromatic rings. The highest BCUT2D eigenvalue weighted by atomic mass is 79.9. The van der Waals surface area contributed by atoms with Crippen molar-refractivity contribution in [2.45, 2.75) is 50.7 Å². The molecule has 1 saturated carbocycles. The van der Waals surface area contributed by atoms with Crippen molar-refractivity contribution in [2.75, 3.05) is 13.1 Å². The number of para-hydroxylation sites is 1. The lowest BCUT2D eigenvalue weighted by Crippen LogP contribution is -2.48. The van der Waals surface area contributed by atoms with Crippen LogP contribution in [0.3, 0.4) is 0 Å². The highest BCUT2D eigenvalue weighted by Gasteiger charge is 2.42. The molecule has 1 aliphatic heterocycles. The molecule has 146 valence electrons. The standard InChI is InChI=1S/C24H26BrFN2/c1-2-16-19(8-5-9-20(16)25)23-22-18(17-7-3-4-10-21(17)27-22)11-14-28(23)15-24(26)12-6-13-24/h3-5,7-10,23,27H,2,6,11-15H2,1H3. The van der Waals surface area contributed by atoms with Gasteiger partial charge in [0.25, 0.3) is 0 Å². The molecular formula is C24H26BrFN2. The summed E-state index contributed by atoms with van der Waals surface area (Å²) < 4.78 is 16.3. The van der Waals surface area contributed by atoms with Crippen molar-refractivity contribution in [1.82, 2.24) is 9.88 Å². The maximum Gasteiger partial charge on any atom is 0.123 e. The van der Waals surface area contributed by atoms with Crippen LogP contribution in [0.5, 0.6) is 0 Å². The van der Waals surface area contributed by atoms with Crippen LogP contribution in [0.1, 0.15) is 54.6 Å². The molecule has 0 spiro atoms. The summed E-state index contributed by atoms with van der Waals surface area (Å²) in [5, 5.41) is 1.31. The molecule has 0 amide bonds. The Bertz CT molecular complexity index is 1020. The van der Waals surface area contributed by atoms with E-state index < -0.39 is 5.67 Å². The number of rotatable bonds is 4. The van der Waals surface area contributed by atoms with Gasteiger partial charge in [-0.2, -0.15) is 0 Å². The van der Waals surface area contributed by atoms with Crippen molar-refractivity contribution >= 4 is 26.8 Å². The number of H-pyrrole nitrogens is 1. The largest absolute Gasteiger partial charge is 0.357 e. The normalized spacial score (nSPS) is 21.5. The van der Waals surface area contributed by atoms with Crippen molar-refractivity contribution in [2.24, 2.45) is 0 Å². The third-order valence-corrected chi connectivity index (χ3v) is 7.42. The van der Waals surface area contributed by atoms with Gasteiger partial charge < -0.3 is 4.98 Å². The molecule has 28 heavy (non-hydrogen) atoms. The highest BCUT2D eigenvalue weighted by molar-refractivity contribution is 9.10. The van der Waals surface area contributed by atoms with Crippen LogP contribution in [0, 0.1) is 0 Å². The first-order valence-corrected chi connectivity index (χ1v) is 11.2. The number of halogens is 2. The topological polar surface area (TPSA) is 19.0 Å². The Morgan fingerprint density at radius 1 is 1.18 bits per heavy atom. The van der Waals surface area contributed by atoms with E-state index in [9.17, 15) is 0 Å². The summed E-state index contributed by atoms with van der Waals surface area (Å²) in [6, 6.07) is 15.1. The third-order valence-electron chi connectivity index (χ3n) is 6.67. The number of aromatic amines is 1. The van der Waals surface area contributed by atoms with Crippen LogP contribution in [0.15, 0.2) is 46.9 Å². The molecule has 0 radical (unpaired) electrons. The Balaban J connectivity index is 1.67. The second kappa shape index (κ2) is 7.00. The van der Waals surface area contributed by atoms with E-state index >= 15 is 4.39 Å². The van der Waals surface area contributed by atoms with Gasteiger partial charge in [-0.3, -0.25) is 4.90 Å². The van der Waals surface area contributed by atoms with Gasteiger partial charge in [-0.05, 0) is 60.9 Å². The Hall–Kier alpha value is -1.65. The summed E-state index contributed by atoms with van der Waals surface area (Å²) in [4.78, 5) is 6.09. The number of hydrogen-bond acceptors (Lipinski definition) is 1. The fourth-order valence-corrected chi connectivity index (χ4v) is 5.76. The molecule has 1 N–H and O–H groups in total. The summed E-state index contributed by atoms with van der Waals surface area (Å²) in [6.45, 7) is 3.63. The second-order valence-electron chi connectivity index (χ2n) is 8.35. The van der Waals surface area contributed by atoms with E-state index in [1.807, 2.05) is 0 Å².